The van der Waals surface area contributed by atoms with Crippen LogP contribution in [0.2, 0.25) is 0 Å². The SMILES string of the molecule is CC(=O)/C=C/CC(C)CC1(O)C[C@H](C)C[C@@H]([C@@H](O)C(C)=O)O1. The van der Waals surface area contributed by atoms with E-state index in [1.54, 1.807) is 6.08 Å². The summed E-state index contributed by atoms with van der Waals surface area (Å²) >= 11 is 0. The van der Waals surface area contributed by atoms with Gasteiger partial charge in [0.25, 0.3) is 0 Å². The van der Waals surface area contributed by atoms with Crippen LogP contribution in [0.4, 0.5) is 0 Å². The molecular weight excluding hydrogens is 284 g/mol. The monoisotopic (exact) mass is 312 g/mol. The zero-order valence-electron chi connectivity index (χ0n) is 13.9. The number of ketones is 2. The summed E-state index contributed by atoms with van der Waals surface area (Å²) in [6.45, 7) is 6.77. The van der Waals surface area contributed by atoms with Gasteiger partial charge >= 0.3 is 0 Å². The highest BCUT2D eigenvalue weighted by Crippen LogP contribution is 2.37. The standard InChI is InChI=1S/C17H28O5/c1-11(6-5-7-13(3)18)9-17(21)10-12(2)8-15(22-17)16(20)14(4)19/h5,7,11-12,15-16,20-21H,6,8-10H2,1-4H3/b7-5+/t11?,12-,15+,16+,17?/m1/s1. The Balaban J connectivity index is 2.66. The van der Waals surface area contributed by atoms with Gasteiger partial charge in [-0.2, -0.15) is 0 Å². The maximum atomic E-state index is 11.3. The van der Waals surface area contributed by atoms with Crippen LogP contribution in [0.1, 0.15) is 53.4 Å². The lowest BCUT2D eigenvalue weighted by Gasteiger charge is -2.42. The predicted molar refractivity (Wildman–Crippen MR) is 83.1 cm³/mol. The van der Waals surface area contributed by atoms with Crippen LogP contribution in [-0.4, -0.2) is 39.8 Å². The van der Waals surface area contributed by atoms with Gasteiger partial charge < -0.3 is 14.9 Å². The molecule has 1 saturated heterocycles. The zero-order valence-corrected chi connectivity index (χ0v) is 13.9. The molecule has 0 spiro atoms. The Morgan fingerprint density at radius 2 is 2.05 bits per heavy atom. The molecule has 1 aliphatic rings. The van der Waals surface area contributed by atoms with E-state index >= 15 is 0 Å². The van der Waals surface area contributed by atoms with Crippen LogP contribution < -0.4 is 0 Å². The molecule has 0 radical (unpaired) electrons. The third-order valence-electron chi connectivity index (χ3n) is 4.00. The second-order valence-electron chi connectivity index (χ2n) is 6.76. The second kappa shape index (κ2) is 7.99. The first-order valence-corrected chi connectivity index (χ1v) is 7.89. The summed E-state index contributed by atoms with van der Waals surface area (Å²) in [6.07, 6.45) is 3.57. The number of Topliss-reactive ketones (excluding diaryl/α,β-unsaturated/α-hetero) is 1. The number of rotatable bonds is 7. The molecule has 0 amide bonds. The van der Waals surface area contributed by atoms with Gasteiger partial charge in [0.15, 0.2) is 17.4 Å². The van der Waals surface area contributed by atoms with Gasteiger partial charge in [0, 0.05) is 12.8 Å². The molecular formula is C17H28O5. The van der Waals surface area contributed by atoms with Gasteiger partial charge in [-0.1, -0.05) is 19.9 Å². The molecule has 5 atom stereocenters. The molecule has 0 saturated carbocycles. The molecule has 2 unspecified atom stereocenters. The number of allylic oxidation sites excluding steroid dienone is 2. The zero-order chi connectivity index (χ0) is 16.9. The Bertz CT molecular complexity index is 431. The molecule has 1 fully saturated rings. The molecule has 126 valence electrons. The third kappa shape index (κ3) is 5.99. The van der Waals surface area contributed by atoms with E-state index in [-0.39, 0.29) is 23.4 Å². The molecule has 2 N–H and O–H groups in total. The van der Waals surface area contributed by atoms with Gasteiger partial charge in [-0.3, -0.25) is 9.59 Å². The first-order chi connectivity index (χ1) is 10.1. The Hall–Kier alpha value is -1.04. The number of hydrogen-bond donors (Lipinski definition) is 2. The molecule has 0 aromatic rings. The van der Waals surface area contributed by atoms with E-state index in [2.05, 4.69) is 0 Å². The molecule has 0 aromatic carbocycles. The Labute approximate surface area is 132 Å². The van der Waals surface area contributed by atoms with Gasteiger partial charge in [-0.05, 0) is 44.6 Å². The summed E-state index contributed by atoms with van der Waals surface area (Å²) in [6, 6.07) is 0. The Kier molecular flexibility index (Phi) is 6.91. The van der Waals surface area contributed by atoms with Crippen molar-refractivity contribution in [3.8, 4) is 0 Å². The minimum Gasteiger partial charge on any atom is -0.383 e. The molecule has 5 nitrogen and oxygen atoms in total. The van der Waals surface area contributed by atoms with Crippen LogP contribution in [0.5, 0.6) is 0 Å². The number of aliphatic hydroxyl groups is 2. The molecule has 1 rings (SSSR count). The van der Waals surface area contributed by atoms with Crippen molar-refractivity contribution in [1.82, 2.24) is 0 Å². The van der Waals surface area contributed by atoms with Crippen LogP contribution in [0.25, 0.3) is 0 Å². The summed E-state index contributed by atoms with van der Waals surface area (Å²) < 4.78 is 5.66. The smallest absolute Gasteiger partial charge is 0.166 e. The van der Waals surface area contributed by atoms with Gasteiger partial charge in [-0.25, -0.2) is 0 Å². The van der Waals surface area contributed by atoms with Crippen molar-refractivity contribution >= 4 is 11.6 Å². The number of hydrogen-bond acceptors (Lipinski definition) is 5. The van der Waals surface area contributed by atoms with Gasteiger partial charge in [0.2, 0.25) is 0 Å². The Morgan fingerprint density at radius 1 is 1.41 bits per heavy atom. The van der Waals surface area contributed by atoms with Crippen LogP contribution in [0.15, 0.2) is 12.2 Å². The minimum atomic E-state index is -1.33. The lowest BCUT2D eigenvalue weighted by atomic mass is 9.84. The molecule has 0 aliphatic carbocycles. The maximum absolute atomic E-state index is 11.3. The highest BCUT2D eigenvalue weighted by Gasteiger charge is 2.42. The largest absolute Gasteiger partial charge is 0.383 e. The molecule has 1 heterocycles. The van der Waals surface area contributed by atoms with E-state index in [9.17, 15) is 19.8 Å². The fraction of sp³-hybridized carbons (Fsp3) is 0.765. The van der Waals surface area contributed by atoms with E-state index in [0.29, 0.717) is 25.7 Å². The van der Waals surface area contributed by atoms with Crippen molar-refractivity contribution < 1.29 is 24.5 Å². The van der Waals surface area contributed by atoms with Crippen LogP contribution >= 0.6 is 0 Å². The number of carbonyl (C=O) groups is 2. The number of carbonyl (C=O) groups excluding carboxylic acids is 2. The fourth-order valence-corrected chi connectivity index (χ4v) is 3.08. The fourth-order valence-electron chi connectivity index (χ4n) is 3.08. The molecule has 1 aliphatic heterocycles. The van der Waals surface area contributed by atoms with E-state index in [0.717, 1.165) is 0 Å². The lowest BCUT2D eigenvalue weighted by Crippen LogP contribution is -2.50. The first kappa shape index (κ1) is 19.0. The highest BCUT2D eigenvalue weighted by molar-refractivity contribution is 5.87. The summed E-state index contributed by atoms with van der Waals surface area (Å²) in [4.78, 5) is 22.2. The van der Waals surface area contributed by atoms with Crippen molar-refractivity contribution in [2.24, 2.45) is 11.8 Å². The van der Waals surface area contributed by atoms with Crippen molar-refractivity contribution in [2.75, 3.05) is 0 Å². The van der Waals surface area contributed by atoms with Crippen LogP contribution in [0.3, 0.4) is 0 Å². The van der Waals surface area contributed by atoms with Gasteiger partial charge in [0.1, 0.15) is 6.10 Å². The molecule has 5 heteroatoms. The lowest BCUT2D eigenvalue weighted by molar-refractivity contribution is -0.283. The molecule has 0 aromatic heterocycles. The average Bonchev–Trinajstić information content (AvgIpc) is 2.35. The van der Waals surface area contributed by atoms with Crippen molar-refractivity contribution in [3.05, 3.63) is 12.2 Å². The summed E-state index contributed by atoms with van der Waals surface area (Å²) in [5.74, 6) is -1.39. The van der Waals surface area contributed by atoms with Crippen LogP contribution in [0, 0.1) is 11.8 Å². The van der Waals surface area contributed by atoms with E-state index in [1.165, 1.54) is 19.9 Å². The van der Waals surface area contributed by atoms with Crippen LogP contribution in [-0.2, 0) is 14.3 Å². The third-order valence-corrected chi connectivity index (χ3v) is 4.00. The van der Waals surface area contributed by atoms with Crippen molar-refractivity contribution in [3.63, 3.8) is 0 Å². The molecule has 22 heavy (non-hydrogen) atoms. The Morgan fingerprint density at radius 3 is 2.59 bits per heavy atom. The number of aliphatic hydroxyl groups excluding tert-OH is 1. The normalized spacial score (nSPS) is 31.9. The van der Waals surface area contributed by atoms with Gasteiger partial charge in [0.05, 0.1) is 6.10 Å². The van der Waals surface area contributed by atoms with Gasteiger partial charge in [-0.15, -0.1) is 0 Å². The summed E-state index contributed by atoms with van der Waals surface area (Å²) in [7, 11) is 0. The first-order valence-electron chi connectivity index (χ1n) is 7.89. The predicted octanol–water partition coefficient (Wildman–Crippen LogP) is 2.00. The van der Waals surface area contributed by atoms with Crippen molar-refractivity contribution in [1.29, 1.82) is 0 Å². The van der Waals surface area contributed by atoms with E-state index in [1.807, 2.05) is 13.8 Å². The topological polar surface area (TPSA) is 83.8 Å². The van der Waals surface area contributed by atoms with E-state index < -0.39 is 18.0 Å². The highest BCUT2D eigenvalue weighted by atomic mass is 16.6. The molecule has 0 bridgehead atoms. The summed E-state index contributed by atoms with van der Waals surface area (Å²) in [5.41, 5.74) is 0. The maximum Gasteiger partial charge on any atom is 0.166 e. The average molecular weight is 312 g/mol. The van der Waals surface area contributed by atoms with Crippen molar-refractivity contribution in [2.45, 2.75) is 71.4 Å². The van der Waals surface area contributed by atoms with E-state index in [4.69, 9.17) is 4.74 Å². The second-order valence-corrected chi connectivity index (χ2v) is 6.76. The quantitative estimate of drug-likeness (QED) is 0.703. The minimum absolute atomic E-state index is 0.00176. The number of ether oxygens (including phenoxy) is 1. The summed E-state index contributed by atoms with van der Waals surface area (Å²) in [5, 5.41) is 20.6.